The second-order valence-electron chi connectivity index (χ2n) is 6.41. The first-order valence-corrected chi connectivity index (χ1v) is 8.74. The molecule has 6 nitrogen and oxygen atoms in total. The monoisotopic (exact) mass is 351 g/mol. The Labute approximate surface area is 148 Å². The summed E-state index contributed by atoms with van der Waals surface area (Å²) >= 11 is 5.17. The number of carbonyl (C=O) groups excluding carboxylic acids is 1. The van der Waals surface area contributed by atoms with Crippen molar-refractivity contribution in [2.75, 3.05) is 25.0 Å². The predicted molar refractivity (Wildman–Crippen MR) is 98.9 cm³/mol. The van der Waals surface area contributed by atoms with Crippen LogP contribution in [0.2, 0.25) is 0 Å². The van der Waals surface area contributed by atoms with Crippen molar-refractivity contribution in [2.45, 2.75) is 39.4 Å². The molecule has 0 unspecified atom stereocenters. The number of hydrogen-bond donors (Lipinski definition) is 4. The SMILES string of the molecule is Cc1ccc(NC(=S)NNC(=O)CC[NH+]2C[C@@H](C)O[C@H](C)C2)cc1. The molecule has 7 heteroatoms. The Morgan fingerprint density at radius 1 is 1.21 bits per heavy atom. The molecule has 1 aliphatic rings. The highest BCUT2D eigenvalue weighted by molar-refractivity contribution is 7.80. The molecule has 132 valence electrons. The number of morpholine rings is 1. The third kappa shape index (κ3) is 6.43. The lowest BCUT2D eigenvalue weighted by atomic mass is 10.2. The molecule has 2 rings (SSSR count). The van der Waals surface area contributed by atoms with Gasteiger partial charge in [-0.25, -0.2) is 0 Å². The van der Waals surface area contributed by atoms with Crippen LogP contribution in [0, 0.1) is 6.92 Å². The summed E-state index contributed by atoms with van der Waals surface area (Å²) in [5, 5.41) is 3.39. The van der Waals surface area contributed by atoms with Crippen LogP contribution in [0.15, 0.2) is 24.3 Å². The molecule has 1 aliphatic heterocycles. The van der Waals surface area contributed by atoms with Gasteiger partial charge in [0.15, 0.2) is 5.11 Å². The lowest BCUT2D eigenvalue weighted by Crippen LogP contribution is -3.15. The zero-order valence-electron chi connectivity index (χ0n) is 14.5. The summed E-state index contributed by atoms with van der Waals surface area (Å²) in [6, 6.07) is 7.87. The van der Waals surface area contributed by atoms with E-state index in [4.69, 9.17) is 17.0 Å². The highest BCUT2D eigenvalue weighted by Gasteiger charge is 2.25. The van der Waals surface area contributed by atoms with E-state index in [2.05, 4.69) is 30.0 Å². The summed E-state index contributed by atoms with van der Waals surface area (Å²) in [6.45, 7) is 8.86. The van der Waals surface area contributed by atoms with Gasteiger partial charge in [0.2, 0.25) is 5.91 Å². The summed E-state index contributed by atoms with van der Waals surface area (Å²) in [5.74, 6) is -0.0673. The Bertz CT molecular complexity index is 554. The quantitative estimate of drug-likeness (QED) is 0.467. The normalized spacial score (nSPS) is 23.4. The molecule has 2 atom stereocenters. The molecule has 1 fully saturated rings. The number of hydrogen-bond acceptors (Lipinski definition) is 3. The summed E-state index contributed by atoms with van der Waals surface area (Å²) in [4.78, 5) is 13.3. The van der Waals surface area contributed by atoms with E-state index in [1.807, 2.05) is 31.2 Å². The summed E-state index contributed by atoms with van der Waals surface area (Å²) in [6.07, 6.45) is 0.946. The molecule has 1 heterocycles. The number of benzene rings is 1. The summed E-state index contributed by atoms with van der Waals surface area (Å²) in [7, 11) is 0. The molecule has 24 heavy (non-hydrogen) atoms. The Morgan fingerprint density at radius 3 is 2.46 bits per heavy atom. The minimum absolute atomic E-state index is 0.0673. The van der Waals surface area contributed by atoms with Gasteiger partial charge < -0.3 is 15.0 Å². The number of nitrogens with one attached hydrogen (secondary N) is 4. The molecule has 0 aromatic heterocycles. The van der Waals surface area contributed by atoms with Crippen molar-refractivity contribution in [3.63, 3.8) is 0 Å². The lowest BCUT2D eigenvalue weighted by molar-refractivity contribution is -0.914. The van der Waals surface area contributed by atoms with Gasteiger partial charge in [-0.15, -0.1) is 0 Å². The van der Waals surface area contributed by atoms with Crippen LogP contribution in [-0.2, 0) is 9.53 Å². The lowest BCUT2D eigenvalue weighted by Gasteiger charge is -2.32. The average molecular weight is 351 g/mol. The van der Waals surface area contributed by atoms with E-state index in [-0.39, 0.29) is 18.1 Å². The number of aryl methyl sites for hydroxylation is 1. The van der Waals surface area contributed by atoms with Crippen LogP contribution < -0.4 is 21.1 Å². The Hall–Kier alpha value is -1.70. The van der Waals surface area contributed by atoms with Gasteiger partial charge in [0.25, 0.3) is 0 Å². The number of ether oxygens (including phenoxy) is 1. The molecule has 4 N–H and O–H groups in total. The topological polar surface area (TPSA) is 66.8 Å². The summed E-state index contributed by atoms with van der Waals surface area (Å²) < 4.78 is 5.71. The molecule has 0 saturated carbocycles. The first-order valence-electron chi connectivity index (χ1n) is 8.34. The first-order chi connectivity index (χ1) is 11.4. The second kappa shape index (κ2) is 8.96. The zero-order chi connectivity index (χ0) is 17.5. The maximum absolute atomic E-state index is 11.9. The molecule has 1 aromatic rings. The number of rotatable bonds is 4. The first kappa shape index (κ1) is 18.6. The molecule has 0 radical (unpaired) electrons. The number of anilines is 1. The Morgan fingerprint density at radius 2 is 1.83 bits per heavy atom. The van der Waals surface area contributed by atoms with Gasteiger partial charge >= 0.3 is 0 Å². The smallest absolute Gasteiger partial charge is 0.244 e. The Kier molecular flexibility index (Phi) is 6.96. The number of quaternary nitrogens is 1. The fraction of sp³-hybridized carbons (Fsp3) is 0.529. The molecule has 0 aliphatic carbocycles. The van der Waals surface area contributed by atoms with Crippen molar-refractivity contribution in [3.05, 3.63) is 29.8 Å². The second-order valence-corrected chi connectivity index (χ2v) is 6.82. The van der Waals surface area contributed by atoms with E-state index in [1.165, 1.54) is 10.5 Å². The van der Waals surface area contributed by atoms with Gasteiger partial charge in [0.1, 0.15) is 25.3 Å². The van der Waals surface area contributed by atoms with E-state index in [0.29, 0.717) is 11.5 Å². The molecule has 0 bridgehead atoms. The third-order valence-corrected chi connectivity index (χ3v) is 4.15. The highest BCUT2D eigenvalue weighted by Crippen LogP contribution is 2.07. The average Bonchev–Trinajstić information content (AvgIpc) is 2.52. The maximum atomic E-state index is 11.9. The molecule has 1 saturated heterocycles. The van der Waals surface area contributed by atoms with E-state index < -0.39 is 0 Å². The Balaban J connectivity index is 1.65. The third-order valence-electron chi connectivity index (χ3n) is 3.95. The van der Waals surface area contributed by atoms with Gasteiger partial charge in [0, 0.05) is 5.69 Å². The van der Waals surface area contributed by atoms with Crippen LogP contribution in [0.1, 0.15) is 25.8 Å². The molecular formula is C17H27N4O2S+. The van der Waals surface area contributed by atoms with Crippen molar-refractivity contribution in [1.82, 2.24) is 10.9 Å². The molecule has 1 aromatic carbocycles. The number of amides is 1. The molecule has 1 amide bonds. The number of thiocarbonyl (C=S) groups is 1. The van der Waals surface area contributed by atoms with Gasteiger partial charge in [-0.05, 0) is 45.1 Å². The standard InChI is InChI=1S/C17H26N4O2S/c1-12-4-6-15(7-5-12)18-17(24)20-19-16(22)8-9-21-10-13(2)23-14(3)11-21/h4-7,13-14H,8-11H2,1-3H3,(H,19,22)(H2,18,20,24)/p+1/t13-,14-/m1/s1. The van der Waals surface area contributed by atoms with Crippen molar-refractivity contribution in [3.8, 4) is 0 Å². The minimum Gasteiger partial charge on any atom is -0.364 e. The number of hydrazine groups is 1. The van der Waals surface area contributed by atoms with Crippen LogP contribution in [0.3, 0.4) is 0 Å². The van der Waals surface area contributed by atoms with Gasteiger partial charge in [-0.1, -0.05) is 17.7 Å². The van der Waals surface area contributed by atoms with Crippen LogP contribution in [0.5, 0.6) is 0 Å². The van der Waals surface area contributed by atoms with E-state index >= 15 is 0 Å². The fourth-order valence-corrected chi connectivity index (χ4v) is 3.04. The van der Waals surface area contributed by atoms with E-state index in [9.17, 15) is 4.79 Å². The van der Waals surface area contributed by atoms with Gasteiger partial charge in [0.05, 0.1) is 13.0 Å². The maximum Gasteiger partial charge on any atom is 0.244 e. The van der Waals surface area contributed by atoms with Crippen molar-refractivity contribution in [2.24, 2.45) is 0 Å². The fourth-order valence-electron chi connectivity index (χ4n) is 2.87. The highest BCUT2D eigenvalue weighted by atomic mass is 32.1. The van der Waals surface area contributed by atoms with Crippen LogP contribution in [0.25, 0.3) is 0 Å². The predicted octanol–water partition coefficient (Wildman–Crippen LogP) is 0.395. The van der Waals surface area contributed by atoms with Crippen molar-refractivity contribution >= 4 is 28.9 Å². The molecule has 0 spiro atoms. The molecular weight excluding hydrogens is 324 g/mol. The van der Waals surface area contributed by atoms with E-state index in [0.717, 1.165) is 25.3 Å². The van der Waals surface area contributed by atoms with E-state index in [1.54, 1.807) is 0 Å². The van der Waals surface area contributed by atoms with Gasteiger partial charge in [-0.3, -0.25) is 15.6 Å². The van der Waals surface area contributed by atoms with Crippen LogP contribution >= 0.6 is 12.2 Å². The number of carbonyl (C=O) groups is 1. The summed E-state index contributed by atoms with van der Waals surface area (Å²) in [5.41, 5.74) is 7.44. The van der Waals surface area contributed by atoms with Crippen molar-refractivity contribution in [1.29, 1.82) is 0 Å². The zero-order valence-corrected chi connectivity index (χ0v) is 15.3. The minimum atomic E-state index is -0.0673. The van der Waals surface area contributed by atoms with Crippen LogP contribution in [-0.4, -0.2) is 42.9 Å². The largest absolute Gasteiger partial charge is 0.364 e. The van der Waals surface area contributed by atoms with Crippen molar-refractivity contribution < 1.29 is 14.4 Å². The van der Waals surface area contributed by atoms with Crippen LogP contribution in [0.4, 0.5) is 5.69 Å². The van der Waals surface area contributed by atoms with Gasteiger partial charge in [-0.2, -0.15) is 0 Å².